The molecule has 2 N–H and O–H groups in total. The van der Waals surface area contributed by atoms with Gasteiger partial charge in [-0.2, -0.15) is 0 Å². The summed E-state index contributed by atoms with van der Waals surface area (Å²) in [6, 6.07) is 11.6. The monoisotopic (exact) mass is 527 g/mol. The van der Waals surface area contributed by atoms with Crippen molar-refractivity contribution < 1.29 is 23.1 Å². The molecule has 2 amide bonds. The van der Waals surface area contributed by atoms with E-state index >= 15 is 0 Å². The molecule has 0 spiro atoms. The number of pyridine rings is 1. The summed E-state index contributed by atoms with van der Waals surface area (Å²) in [6.07, 6.45) is 6.43. The van der Waals surface area contributed by atoms with E-state index in [2.05, 4.69) is 22.5 Å². The van der Waals surface area contributed by atoms with E-state index in [1.807, 2.05) is 18.2 Å². The van der Waals surface area contributed by atoms with Crippen molar-refractivity contribution in [3.05, 3.63) is 71.2 Å². The summed E-state index contributed by atoms with van der Waals surface area (Å²) in [7, 11) is 3.07. The third kappa shape index (κ3) is 4.24. The number of carbonyl (C=O) groups is 2. The van der Waals surface area contributed by atoms with Crippen molar-refractivity contribution >= 4 is 22.8 Å². The van der Waals surface area contributed by atoms with Crippen LogP contribution in [0.4, 0.5) is 4.39 Å². The molecule has 2 heterocycles. The van der Waals surface area contributed by atoms with Gasteiger partial charge in [0.1, 0.15) is 22.7 Å². The van der Waals surface area contributed by atoms with Crippen LogP contribution in [0, 0.1) is 11.7 Å². The fraction of sp³-hybridized carbons (Fsp3) is 0.323. The second kappa shape index (κ2) is 9.52. The molecule has 0 atom stereocenters. The average molecular weight is 528 g/mol. The summed E-state index contributed by atoms with van der Waals surface area (Å²) >= 11 is 0. The van der Waals surface area contributed by atoms with Gasteiger partial charge in [0.15, 0.2) is 0 Å². The lowest BCUT2D eigenvalue weighted by Gasteiger charge is -2.61. The number of halogens is 1. The van der Waals surface area contributed by atoms with Crippen LogP contribution in [0.15, 0.2) is 53.1 Å². The highest BCUT2D eigenvalue weighted by Crippen LogP contribution is 2.57. The Kier molecular flexibility index (Phi) is 6.13. The van der Waals surface area contributed by atoms with Crippen LogP contribution in [0.1, 0.15) is 58.9 Å². The summed E-state index contributed by atoms with van der Waals surface area (Å²) in [6.45, 7) is 2.09. The molecule has 3 saturated carbocycles. The Bertz CT molecular complexity index is 1590. The van der Waals surface area contributed by atoms with E-state index in [0.717, 1.165) is 54.7 Å². The second-order valence-corrected chi connectivity index (χ2v) is 10.6. The number of carbonyl (C=O) groups excluding carboxylic acids is 2. The molecule has 2 bridgehead atoms. The van der Waals surface area contributed by atoms with Crippen molar-refractivity contribution in [2.75, 3.05) is 14.2 Å². The molecule has 2 aromatic carbocycles. The molecule has 3 aliphatic rings. The molecule has 200 valence electrons. The molecule has 39 heavy (non-hydrogen) atoms. The maximum Gasteiger partial charge on any atom is 0.257 e. The van der Waals surface area contributed by atoms with Crippen molar-refractivity contribution in [2.24, 2.45) is 5.92 Å². The molecule has 0 saturated heterocycles. The van der Waals surface area contributed by atoms with Crippen LogP contribution < -0.4 is 15.4 Å². The SMILES string of the molecule is CCCc1cc2oc(-c3ccc(F)cc3)c(C(=O)NC)c2cc1-c1cnc(OC)c(C(=O)NC23CC(C2)C3)c1. The van der Waals surface area contributed by atoms with Gasteiger partial charge in [0.05, 0.1) is 12.7 Å². The predicted molar refractivity (Wildman–Crippen MR) is 146 cm³/mol. The van der Waals surface area contributed by atoms with E-state index in [9.17, 15) is 14.0 Å². The minimum Gasteiger partial charge on any atom is -0.480 e. The van der Waals surface area contributed by atoms with Gasteiger partial charge in [-0.25, -0.2) is 9.37 Å². The summed E-state index contributed by atoms with van der Waals surface area (Å²) in [4.78, 5) is 30.9. The predicted octanol–water partition coefficient (Wildman–Crippen LogP) is 5.90. The number of methoxy groups -OCH3 is 1. The van der Waals surface area contributed by atoms with Gasteiger partial charge in [-0.05, 0) is 85.2 Å². The minimum atomic E-state index is -0.371. The number of furan rings is 1. The molecule has 7 rings (SSSR count). The van der Waals surface area contributed by atoms with E-state index in [-0.39, 0.29) is 29.1 Å². The lowest BCUT2D eigenvalue weighted by Crippen LogP contribution is -2.68. The van der Waals surface area contributed by atoms with Crippen LogP contribution in [-0.2, 0) is 6.42 Å². The van der Waals surface area contributed by atoms with Gasteiger partial charge in [-0.3, -0.25) is 9.59 Å². The highest BCUT2D eigenvalue weighted by Gasteiger charge is 2.57. The summed E-state index contributed by atoms with van der Waals surface area (Å²) in [5.74, 6) is 0.512. The zero-order valence-corrected chi connectivity index (χ0v) is 22.2. The number of hydrogen-bond acceptors (Lipinski definition) is 5. The highest BCUT2D eigenvalue weighted by molar-refractivity contribution is 6.12. The van der Waals surface area contributed by atoms with Gasteiger partial charge in [0.2, 0.25) is 5.88 Å². The van der Waals surface area contributed by atoms with Crippen LogP contribution in [0.2, 0.25) is 0 Å². The van der Waals surface area contributed by atoms with Gasteiger partial charge in [-0.1, -0.05) is 13.3 Å². The molecule has 3 fully saturated rings. The largest absolute Gasteiger partial charge is 0.480 e. The lowest BCUT2D eigenvalue weighted by molar-refractivity contribution is -0.0439. The Balaban J connectivity index is 1.49. The van der Waals surface area contributed by atoms with E-state index < -0.39 is 0 Å². The van der Waals surface area contributed by atoms with Crippen molar-refractivity contribution in [2.45, 2.75) is 44.6 Å². The first kappa shape index (κ1) is 25.1. The first-order chi connectivity index (χ1) is 18.8. The molecular formula is C31H30FN3O4. The number of aryl methyl sites for hydroxylation is 1. The number of nitrogens with zero attached hydrogens (tertiary/aromatic N) is 1. The number of hydrogen-bond donors (Lipinski definition) is 2. The van der Waals surface area contributed by atoms with Crippen molar-refractivity contribution in [1.82, 2.24) is 15.6 Å². The Morgan fingerprint density at radius 3 is 2.46 bits per heavy atom. The number of benzene rings is 2. The van der Waals surface area contributed by atoms with Crippen LogP contribution in [0.5, 0.6) is 5.88 Å². The normalized spacial score (nSPS) is 19.2. The Labute approximate surface area is 225 Å². The maximum absolute atomic E-state index is 13.6. The Hall–Kier alpha value is -4.20. The molecule has 2 aromatic heterocycles. The minimum absolute atomic E-state index is 0.0784. The molecule has 8 heteroatoms. The van der Waals surface area contributed by atoms with Crippen molar-refractivity contribution in [3.8, 4) is 28.3 Å². The number of amides is 2. The van der Waals surface area contributed by atoms with Crippen LogP contribution in [-0.4, -0.2) is 36.5 Å². The molecular weight excluding hydrogens is 497 g/mol. The van der Waals surface area contributed by atoms with Crippen LogP contribution in [0.25, 0.3) is 33.4 Å². The highest BCUT2D eigenvalue weighted by atomic mass is 19.1. The summed E-state index contributed by atoms with van der Waals surface area (Å²) < 4.78 is 25.3. The third-order valence-corrected chi connectivity index (χ3v) is 8.01. The first-order valence-corrected chi connectivity index (χ1v) is 13.3. The van der Waals surface area contributed by atoms with Gasteiger partial charge in [0, 0.05) is 35.3 Å². The molecule has 4 aromatic rings. The van der Waals surface area contributed by atoms with Gasteiger partial charge in [0.25, 0.3) is 11.8 Å². The summed E-state index contributed by atoms with van der Waals surface area (Å²) in [5.41, 5.74) is 4.44. The van der Waals surface area contributed by atoms with E-state index in [0.29, 0.717) is 33.4 Å². The quantitative estimate of drug-likeness (QED) is 0.297. The number of ether oxygens (including phenoxy) is 1. The molecule has 7 nitrogen and oxygen atoms in total. The zero-order chi connectivity index (χ0) is 27.3. The summed E-state index contributed by atoms with van der Waals surface area (Å²) in [5, 5.41) is 6.53. The molecule has 0 unspecified atom stereocenters. The van der Waals surface area contributed by atoms with Gasteiger partial charge < -0.3 is 19.8 Å². The topological polar surface area (TPSA) is 93.5 Å². The fourth-order valence-corrected chi connectivity index (χ4v) is 5.95. The fourth-order valence-electron chi connectivity index (χ4n) is 5.95. The van der Waals surface area contributed by atoms with Crippen molar-refractivity contribution in [1.29, 1.82) is 0 Å². The number of aromatic nitrogens is 1. The molecule has 0 radical (unpaired) electrons. The standard InChI is InChI=1S/C31H30FN3O4/c1-4-5-19-11-25-23(26(29(37)33-2)27(39-25)18-6-8-21(32)9-7-18)12-22(19)20-10-24(30(38-3)34-16-20)28(36)35-31-13-17(14-31)15-31/h6-12,16-17H,4-5,13-15H2,1-3H3,(H,33,37)(H,35,36). The second-order valence-electron chi connectivity index (χ2n) is 10.6. The van der Waals surface area contributed by atoms with Crippen LogP contribution >= 0.6 is 0 Å². The molecule has 0 aliphatic heterocycles. The Morgan fingerprint density at radius 1 is 1.10 bits per heavy atom. The van der Waals surface area contributed by atoms with Gasteiger partial charge in [-0.15, -0.1) is 0 Å². The number of nitrogens with one attached hydrogen (secondary N) is 2. The van der Waals surface area contributed by atoms with E-state index in [1.165, 1.54) is 19.2 Å². The maximum atomic E-state index is 13.6. The Morgan fingerprint density at radius 2 is 1.85 bits per heavy atom. The lowest BCUT2D eigenvalue weighted by atomic mass is 9.50. The zero-order valence-electron chi connectivity index (χ0n) is 22.2. The third-order valence-electron chi connectivity index (χ3n) is 8.01. The van der Waals surface area contributed by atoms with E-state index in [1.54, 1.807) is 25.4 Å². The smallest absolute Gasteiger partial charge is 0.257 e. The van der Waals surface area contributed by atoms with Crippen molar-refractivity contribution in [3.63, 3.8) is 0 Å². The van der Waals surface area contributed by atoms with Gasteiger partial charge >= 0.3 is 0 Å². The van der Waals surface area contributed by atoms with E-state index in [4.69, 9.17) is 9.15 Å². The molecule has 3 aliphatic carbocycles. The number of fused-ring (bicyclic) bond motifs is 1. The average Bonchev–Trinajstić information content (AvgIpc) is 3.27. The number of rotatable bonds is 8. The first-order valence-electron chi connectivity index (χ1n) is 13.3. The van der Waals surface area contributed by atoms with Crippen LogP contribution in [0.3, 0.4) is 0 Å².